The van der Waals surface area contributed by atoms with Gasteiger partial charge in [-0.3, -0.25) is 4.79 Å². The largest absolute Gasteiger partial charge is 0.391 e. The van der Waals surface area contributed by atoms with Crippen molar-refractivity contribution in [3.63, 3.8) is 0 Å². The highest BCUT2D eigenvalue weighted by Gasteiger charge is 2.66. The molecule has 2 aliphatic heterocycles. The van der Waals surface area contributed by atoms with E-state index in [9.17, 15) is 18.3 Å². The predicted molar refractivity (Wildman–Crippen MR) is 158 cm³/mol. The second-order valence-electron chi connectivity index (χ2n) is 13.4. The number of nitrogens with zero attached hydrogens (tertiary/aromatic N) is 2. The lowest BCUT2D eigenvalue weighted by atomic mass is 9.68. The molecule has 0 radical (unpaired) electrons. The Morgan fingerprint density at radius 3 is 2.42 bits per heavy atom. The second kappa shape index (κ2) is 10.8. The van der Waals surface area contributed by atoms with E-state index < -0.39 is 27.1 Å². The smallest absolute Gasteiger partial charge is 0.243 e. The average Bonchev–Trinajstić information content (AvgIpc) is 3.28. The Hall–Kier alpha value is -1.72. The average molecular weight is 576 g/mol. The van der Waals surface area contributed by atoms with E-state index >= 15 is 0 Å². The number of aryl methyl sites for hydroxylation is 1. The van der Waals surface area contributed by atoms with Gasteiger partial charge in [-0.05, 0) is 87.9 Å². The predicted octanol–water partition coefficient (Wildman–Crippen LogP) is 1.84. The molecule has 40 heavy (non-hydrogen) atoms. The first-order valence-electron chi connectivity index (χ1n) is 15.1. The first-order chi connectivity index (χ1) is 18.8. The van der Waals surface area contributed by atoms with E-state index in [0.29, 0.717) is 32.1 Å². The highest BCUT2D eigenvalue weighted by atomic mass is 32.2. The molecule has 2 saturated heterocycles. The molecule has 5 atom stereocenters. The summed E-state index contributed by atoms with van der Waals surface area (Å²) in [6, 6.07) is 7.94. The number of sulfonamides is 1. The molecule has 2 heterocycles. The highest BCUT2D eigenvalue weighted by molar-refractivity contribution is 7.89. The number of aliphatic hydroxyl groups is 1. The van der Waals surface area contributed by atoms with Gasteiger partial charge in [0.15, 0.2) is 0 Å². The molecule has 10 heteroatoms. The van der Waals surface area contributed by atoms with E-state index in [0.717, 1.165) is 50.9 Å². The molecular formula is C30H49N5O4S. The number of carbonyl (C=O) groups is 1. The molecule has 5 N–H and O–H groups in total. The summed E-state index contributed by atoms with van der Waals surface area (Å²) >= 11 is 0. The summed E-state index contributed by atoms with van der Waals surface area (Å²) < 4.78 is 29.7. The lowest BCUT2D eigenvalue weighted by molar-refractivity contribution is -0.135. The fraction of sp³-hybridized carbons (Fsp3) is 0.767. The number of para-hydroxylation sites is 1. The maximum Gasteiger partial charge on any atom is 0.243 e. The van der Waals surface area contributed by atoms with Crippen molar-refractivity contribution in [3.8, 4) is 0 Å². The van der Waals surface area contributed by atoms with Crippen LogP contribution in [0.1, 0.15) is 58.4 Å². The molecule has 0 aromatic heterocycles. The van der Waals surface area contributed by atoms with E-state index in [1.807, 2.05) is 12.1 Å². The fourth-order valence-electron chi connectivity index (χ4n) is 8.46. The van der Waals surface area contributed by atoms with Crippen molar-refractivity contribution in [3.05, 3.63) is 29.8 Å². The van der Waals surface area contributed by atoms with E-state index in [2.05, 4.69) is 48.4 Å². The zero-order valence-corrected chi connectivity index (χ0v) is 25.5. The maximum atomic E-state index is 14.0. The fourth-order valence-corrected chi connectivity index (χ4v) is 10.7. The zero-order valence-electron chi connectivity index (χ0n) is 24.7. The van der Waals surface area contributed by atoms with Crippen LogP contribution in [-0.4, -0.2) is 86.4 Å². The Morgan fingerprint density at radius 2 is 1.82 bits per heavy atom. The van der Waals surface area contributed by atoms with Crippen LogP contribution in [-0.2, 0) is 14.8 Å². The number of piperidine rings is 1. The van der Waals surface area contributed by atoms with E-state index in [4.69, 9.17) is 5.73 Å². The van der Waals surface area contributed by atoms with Crippen molar-refractivity contribution in [1.29, 1.82) is 0 Å². The minimum Gasteiger partial charge on any atom is -0.391 e. The summed E-state index contributed by atoms with van der Waals surface area (Å²) in [5.74, 6) is -0.113. The number of aliphatic hydroxyl groups excluding tert-OH is 1. The number of piperazine rings is 1. The molecule has 5 rings (SSSR count). The quantitative estimate of drug-likeness (QED) is 0.372. The van der Waals surface area contributed by atoms with Crippen LogP contribution in [0, 0.1) is 29.6 Å². The molecule has 0 spiro atoms. The molecule has 224 valence electrons. The van der Waals surface area contributed by atoms with Gasteiger partial charge in [0.2, 0.25) is 15.9 Å². The monoisotopic (exact) mass is 575 g/mol. The normalized spacial score (nSPS) is 31.6. The molecule has 1 aromatic rings. The Balaban J connectivity index is 1.34. The SMILES string of the molecule is Cc1ccccc1N1CCN(S(=O)(=O)CC23CCC(CC2NC(=O)[C@](N)(C2CCNCC2)[C@H](C)O)C3(C)C)CC1. The van der Waals surface area contributed by atoms with Gasteiger partial charge in [-0.2, -0.15) is 4.31 Å². The summed E-state index contributed by atoms with van der Waals surface area (Å²) in [7, 11) is -3.57. The van der Waals surface area contributed by atoms with E-state index in [-0.39, 0.29) is 29.0 Å². The van der Waals surface area contributed by atoms with E-state index in [1.165, 1.54) is 5.56 Å². The molecule has 4 aliphatic rings. The number of hydrogen-bond acceptors (Lipinski definition) is 7. The van der Waals surface area contributed by atoms with Crippen LogP contribution in [0.25, 0.3) is 0 Å². The molecule has 2 bridgehead atoms. The lowest BCUT2D eigenvalue weighted by Gasteiger charge is -2.46. The van der Waals surface area contributed by atoms with Gasteiger partial charge >= 0.3 is 0 Å². The van der Waals surface area contributed by atoms with Crippen LogP contribution < -0.4 is 21.3 Å². The molecule has 1 aromatic carbocycles. The van der Waals surface area contributed by atoms with Gasteiger partial charge in [0, 0.05) is 43.3 Å². The van der Waals surface area contributed by atoms with Crippen LogP contribution in [0.2, 0.25) is 0 Å². The van der Waals surface area contributed by atoms with Crippen molar-refractivity contribution in [2.24, 2.45) is 28.4 Å². The molecule has 3 unspecified atom stereocenters. The van der Waals surface area contributed by atoms with Crippen molar-refractivity contribution >= 4 is 21.6 Å². The van der Waals surface area contributed by atoms with Crippen molar-refractivity contribution in [2.75, 3.05) is 49.9 Å². The number of benzene rings is 1. The van der Waals surface area contributed by atoms with Gasteiger partial charge in [0.1, 0.15) is 5.54 Å². The molecule has 2 saturated carbocycles. The van der Waals surface area contributed by atoms with Crippen LogP contribution in [0.4, 0.5) is 5.69 Å². The summed E-state index contributed by atoms with van der Waals surface area (Å²) in [4.78, 5) is 16.1. The zero-order chi connectivity index (χ0) is 28.9. The Labute approximate surface area is 240 Å². The molecule has 9 nitrogen and oxygen atoms in total. The standard InChI is InChI=1S/C30H49N5O4S/c1-21-7-5-6-8-25(21)34-15-17-35(18-16-34)40(38,39)20-29-12-9-24(28(29,3)4)19-26(29)33-27(37)30(31,22(2)36)23-10-13-32-14-11-23/h5-8,22-24,26,32,36H,9-20,31H2,1-4H3,(H,33,37)/t22-,24?,26?,29?,30+/m0/s1. The van der Waals surface area contributed by atoms with Gasteiger partial charge in [0.05, 0.1) is 11.9 Å². The van der Waals surface area contributed by atoms with E-state index in [1.54, 1.807) is 11.2 Å². The lowest BCUT2D eigenvalue weighted by Crippen LogP contribution is -2.68. The van der Waals surface area contributed by atoms with Crippen LogP contribution >= 0.6 is 0 Å². The summed E-state index contributed by atoms with van der Waals surface area (Å²) in [5.41, 5.74) is 6.88. The summed E-state index contributed by atoms with van der Waals surface area (Å²) in [5, 5.41) is 17.3. The van der Waals surface area contributed by atoms with Gasteiger partial charge in [0.25, 0.3) is 0 Å². The number of hydrogen-bond donors (Lipinski definition) is 4. The molecule has 2 aliphatic carbocycles. The van der Waals surface area contributed by atoms with Crippen LogP contribution in [0.3, 0.4) is 0 Å². The van der Waals surface area contributed by atoms with Gasteiger partial charge in [-0.25, -0.2) is 8.42 Å². The Bertz CT molecular complexity index is 1190. The summed E-state index contributed by atoms with van der Waals surface area (Å²) in [6.45, 7) is 11.8. The number of carbonyl (C=O) groups excluding carboxylic acids is 1. The second-order valence-corrected chi connectivity index (χ2v) is 15.4. The van der Waals surface area contributed by atoms with Gasteiger partial charge in [-0.15, -0.1) is 0 Å². The first-order valence-corrected chi connectivity index (χ1v) is 16.7. The van der Waals surface area contributed by atoms with Crippen LogP contribution in [0.15, 0.2) is 24.3 Å². The third kappa shape index (κ3) is 4.87. The molecule has 1 amide bonds. The first kappa shape index (κ1) is 29.8. The van der Waals surface area contributed by atoms with Crippen molar-refractivity contribution in [2.45, 2.75) is 77.5 Å². The molecule has 4 fully saturated rings. The van der Waals surface area contributed by atoms with Crippen molar-refractivity contribution < 1.29 is 18.3 Å². The van der Waals surface area contributed by atoms with Gasteiger partial charge in [-0.1, -0.05) is 32.0 Å². The summed E-state index contributed by atoms with van der Waals surface area (Å²) in [6.07, 6.45) is 2.92. The van der Waals surface area contributed by atoms with Gasteiger partial charge < -0.3 is 26.4 Å². The van der Waals surface area contributed by atoms with Crippen molar-refractivity contribution in [1.82, 2.24) is 14.9 Å². The topological polar surface area (TPSA) is 128 Å². The third-order valence-electron chi connectivity index (χ3n) is 11.4. The number of fused-ring (bicyclic) bond motifs is 2. The maximum absolute atomic E-state index is 14.0. The number of amides is 1. The third-order valence-corrected chi connectivity index (χ3v) is 13.4. The highest BCUT2D eigenvalue weighted by Crippen LogP contribution is 2.66. The number of nitrogens with two attached hydrogens (primary N) is 1. The minimum absolute atomic E-state index is 0.0262. The number of rotatable bonds is 8. The number of nitrogens with one attached hydrogen (secondary N) is 2. The number of anilines is 1. The van der Waals surface area contributed by atoms with Crippen LogP contribution in [0.5, 0.6) is 0 Å². The Morgan fingerprint density at radius 1 is 1.18 bits per heavy atom. The minimum atomic E-state index is -3.57. The Kier molecular flexibility index (Phi) is 8.07. The molecular weight excluding hydrogens is 526 g/mol.